The molecule has 2 nitrogen and oxygen atoms in total. The van der Waals surface area contributed by atoms with Gasteiger partial charge in [0.2, 0.25) is 0 Å². The van der Waals surface area contributed by atoms with Crippen molar-refractivity contribution in [3.63, 3.8) is 0 Å². The molecule has 2 heteroatoms. The Balaban J connectivity index is 2.35. The molecule has 0 saturated carbocycles. The first kappa shape index (κ1) is 12.2. The fraction of sp³-hybridized carbons (Fsp3) is 0.125. The molecular formula is C16H18N2. The Hall–Kier alpha value is -2.22. The van der Waals surface area contributed by atoms with Crippen LogP contribution in [0.5, 0.6) is 0 Å². The summed E-state index contributed by atoms with van der Waals surface area (Å²) in [5.41, 5.74) is 15.5. The predicted octanol–water partition coefficient (Wildman–Crippen LogP) is 3.56. The standard InChI is InChI=1S/C16H18N2/c1-2-3-16(12-4-8-14(17)9-5-12)13-6-10-15(18)11-7-13/h2,4-11,16H,1,3,17-18H2. The van der Waals surface area contributed by atoms with Crippen LogP contribution in [0.25, 0.3) is 0 Å². The number of rotatable bonds is 4. The summed E-state index contributed by atoms with van der Waals surface area (Å²) in [6, 6.07) is 16.0. The highest BCUT2D eigenvalue weighted by molar-refractivity contribution is 5.45. The van der Waals surface area contributed by atoms with E-state index >= 15 is 0 Å². The van der Waals surface area contributed by atoms with Gasteiger partial charge in [0.25, 0.3) is 0 Å². The fourth-order valence-corrected chi connectivity index (χ4v) is 2.09. The second kappa shape index (κ2) is 5.41. The van der Waals surface area contributed by atoms with Crippen LogP contribution in [0.3, 0.4) is 0 Å². The summed E-state index contributed by atoms with van der Waals surface area (Å²) in [7, 11) is 0. The Bertz CT molecular complexity index is 466. The van der Waals surface area contributed by atoms with Crippen LogP contribution in [-0.4, -0.2) is 0 Å². The molecule has 0 aliphatic rings. The minimum Gasteiger partial charge on any atom is -0.399 e. The van der Waals surface area contributed by atoms with Crippen molar-refractivity contribution in [2.24, 2.45) is 0 Å². The van der Waals surface area contributed by atoms with Gasteiger partial charge in [-0.25, -0.2) is 0 Å². The van der Waals surface area contributed by atoms with E-state index in [0.29, 0.717) is 5.92 Å². The molecule has 0 aliphatic heterocycles. The van der Waals surface area contributed by atoms with E-state index < -0.39 is 0 Å². The van der Waals surface area contributed by atoms with Crippen LogP contribution in [0.4, 0.5) is 11.4 Å². The first-order valence-electron chi connectivity index (χ1n) is 6.02. The summed E-state index contributed by atoms with van der Waals surface area (Å²) in [6.07, 6.45) is 2.84. The van der Waals surface area contributed by atoms with Crippen molar-refractivity contribution in [1.82, 2.24) is 0 Å². The summed E-state index contributed by atoms with van der Waals surface area (Å²) in [5, 5.41) is 0. The maximum absolute atomic E-state index is 5.72. The molecule has 0 atom stereocenters. The second-order valence-electron chi connectivity index (χ2n) is 4.41. The Morgan fingerprint density at radius 2 is 1.22 bits per heavy atom. The molecule has 0 unspecified atom stereocenters. The normalized spacial score (nSPS) is 10.5. The molecule has 0 spiro atoms. The van der Waals surface area contributed by atoms with Gasteiger partial charge >= 0.3 is 0 Å². The van der Waals surface area contributed by atoms with Gasteiger partial charge < -0.3 is 11.5 Å². The number of hydrogen-bond donors (Lipinski definition) is 2. The zero-order valence-electron chi connectivity index (χ0n) is 10.3. The lowest BCUT2D eigenvalue weighted by molar-refractivity contribution is 0.831. The van der Waals surface area contributed by atoms with Crippen molar-refractivity contribution < 1.29 is 0 Å². The Morgan fingerprint density at radius 3 is 1.56 bits per heavy atom. The fourth-order valence-electron chi connectivity index (χ4n) is 2.09. The molecule has 0 aliphatic carbocycles. The molecule has 0 heterocycles. The molecule has 2 aromatic rings. The third-order valence-electron chi connectivity index (χ3n) is 3.08. The molecule has 2 aromatic carbocycles. The minimum absolute atomic E-state index is 0.309. The van der Waals surface area contributed by atoms with Crippen LogP contribution in [0.15, 0.2) is 61.2 Å². The third kappa shape index (κ3) is 2.72. The first-order valence-corrected chi connectivity index (χ1v) is 6.02. The average Bonchev–Trinajstić information content (AvgIpc) is 2.39. The van der Waals surface area contributed by atoms with Gasteiger partial charge in [-0.15, -0.1) is 6.58 Å². The Labute approximate surface area is 108 Å². The molecule has 0 fully saturated rings. The molecule has 0 radical (unpaired) electrons. The van der Waals surface area contributed by atoms with E-state index in [9.17, 15) is 0 Å². The van der Waals surface area contributed by atoms with E-state index in [0.717, 1.165) is 17.8 Å². The topological polar surface area (TPSA) is 52.0 Å². The first-order chi connectivity index (χ1) is 8.70. The van der Waals surface area contributed by atoms with Crippen molar-refractivity contribution in [3.05, 3.63) is 72.3 Å². The van der Waals surface area contributed by atoms with Crippen LogP contribution in [0.1, 0.15) is 23.5 Å². The maximum atomic E-state index is 5.72. The SMILES string of the molecule is C=CCC(c1ccc(N)cc1)c1ccc(N)cc1. The van der Waals surface area contributed by atoms with E-state index in [1.807, 2.05) is 30.3 Å². The zero-order valence-corrected chi connectivity index (χ0v) is 10.3. The lowest BCUT2D eigenvalue weighted by atomic mass is 9.88. The van der Waals surface area contributed by atoms with E-state index in [2.05, 4.69) is 30.8 Å². The van der Waals surface area contributed by atoms with Crippen LogP contribution < -0.4 is 11.5 Å². The number of nitrogens with two attached hydrogens (primary N) is 2. The summed E-state index contributed by atoms with van der Waals surface area (Å²) >= 11 is 0. The summed E-state index contributed by atoms with van der Waals surface area (Å²) < 4.78 is 0. The van der Waals surface area contributed by atoms with Gasteiger partial charge in [-0.05, 0) is 41.8 Å². The molecule has 0 saturated heterocycles. The van der Waals surface area contributed by atoms with Gasteiger partial charge in [-0.1, -0.05) is 30.3 Å². The molecule has 92 valence electrons. The maximum Gasteiger partial charge on any atom is 0.0314 e. The lowest BCUT2D eigenvalue weighted by Gasteiger charge is -2.16. The molecule has 4 N–H and O–H groups in total. The zero-order chi connectivity index (χ0) is 13.0. The summed E-state index contributed by atoms with van der Waals surface area (Å²) in [5.74, 6) is 0.309. The van der Waals surface area contributed by atoms with E-state index in [-0.39, 0.29) is 0 Å². The average molecular weight is 238 g/mol. The smallest absolute Gasteiger partial charge is 0.0314 e. The van der Waals surface area contributed by atoms with E-state index in [1.54, 1.807) is 0 Å². The Kier molecular flexibility index (Phi) is 3.68. The lowest BCUT2D eigenvalue weighted by Crippen LogP contribution is -2.00. The van der Waals surface area contributed by atoms with Crippen LogP contribution in [0.2, 0.25) is 0 Å². The summed E-state index contributed by atoms with van der Waals surface area (Å²) in [6.45, 7) is 3.84. The van der Waals surface area contributed by atoms with Crippen molar-refractivity contribution in [2.45, 2.75) is 12.3 Å². The largest absolute Gasteiger partial charge is 0.399 e. The van der Waals surface area contributed by atoms with Gasteiger partial charge in [0.15, 0.2) is 0 Å². The van der Waals surface area contributed by atoms with Gasteiger partial charge in [-0.2, -0.15) is 0 Å². The third-order valence-corrected chi connectivity index (χ3v) is 3.08. The number of allylic oxidation sites excluding steroid dienone is 1. The van der Waals surface area contributed by atoms with Gasteiger partial charge in [0, 0.05) is 17.3 Å². The van der Waals surface area contributed by atoms with Crippen molar-refractivity contribution in [2.75, 3.05) is 11.5 Å². The molecule has 18 heavy (non-hydrogen) atoms. The highest BCUT2D eigenvalue weighted by Crippen LogP contribution is 2.29. The monoisotopic (exact) mass is 238 g/mol. The van der Waals surface area contributed by atoms with Gasteiger partial charge in [0.05, 0.1) is 0 Å². The molecular weight excluding hydrogens is 220 g/mol. The van der Waals surface area contributed by atoms with Crippen LogP contribution in [0, 0.1) is 0 Å². The van der Waals surface area contributed by atoms with Crippen molar-refractivity contribution in [1.29, 1.82) is 0 Å². The highest BCUT2D eigenvalue weighted by Gasteiger charge is 2.12. The molecule has 0 aromatic heterocycles. The number of benzene rings is 2. The quantitative estimate of drug-likeness (QED) is 0.632. The van der Waals surface area contributed by atoms with Crippen molar-refractivity contribution >= 4 is 11.4 Å². The van der Waals surface area contributed by atoms with E-state index in [4.69, 9.17) is 11.5 Å². The number of nitrogen functional groups attached to an aromatic ring is 2. The molecule has 2 rings (SSSR count). The van der Waals surface area contributed by atoms with E-state index in [1.165, 1.54) is 11.1 Å². The van der Waals surface area contributed by atoms with Crippen molar-refractivity contribution in [3.8, 4) is 0 Å². The second-order valence-corrected chi connectivity index (χ2v) is 4.41. The minimum atomic E-state index is 0.309. The molecule has 0 amide bonds. The van der Waals surface area contributed by atoms with Gasteiger partial charge in [-0.3, -0.25) is 0 Å². The van der Waals surface area contributed by atoms with Crippen LogP contribution >= 0.6 is 0 Å². The summed E-state index contributed by atoms with van der Waals surface area (Å²) in [4.78, 5) is 0. The number of hydrogen-bond acceptors (Lipinski definition) is 2. The highest BCUT2D eigenvalue weighted by atomic mass is 14.5. The Morgan fingerprint density at radius 1 is 0.833 bits per heavy atom. The van der Waals surface area contributed by atoms with Crippen LogP contribution in [-0.2, 0) is 0 Å². The number of anilines is 2. The van der Waals surface area contributed by atoms with Gasteiger partial charge in [0.1, 0.15) is 0 Å². The predicted molar refractivity (Wildman–Crippen MR) is 78.4 cm³/mol. The molecule has 0 bridgehead atoms.